The van der Waals surface area contributed by atoms with Gasteiger partial charge >= 0.3 is 0 Å². The number of piperidine rings is 1. The van der Waals surface area contributed by atoms with E-state index in [1.807, 2.05) is 60.4 Å². The van der Waals surface area contributed by atoms with Crippen LogP contribution in [0.1, 0.15) is 46.8 Å². The maximum absolute atomic E-state index is 13.5. The second kappa shape index (κ2) is 8.50. The number of rotatable bonds is 6. The molecule has 6 rings (SSSR count). The second-order valence-corrected chi connectivity index (χ2v) is 10.9. The first-order valence-electron chi connectivity index (χ1n) is 12.8. The van der Waals surface area contributed by atoms with Gasteiger partial charge in [-0.2, -0.15) is 0 Å². The zero-order chi connectivity index (χ0) is 25.9. The summed E-state index contributed by atoms with van der Waals surface area (Å²) in [6, 6.07) is 16.5. The van der Waals surface area contributed by atoms with E-state index in [4.69, 9.17) is 0 Å². The molecule has 1 saturated carbocycles. The van der Waals surface area contributed by atoms with Crippen LogP contribution in [0, 0.1) is 18.3 Å². The first-order chi connectivity index (χ1) is 17.7. The molecule has 2 aromatic heterocycles. The van der Waals surface area contributed by atoms with E-state index >= 15 is 0 Å². The van der Waals surface area contributed by atoms with Gasteiger partial charge in [-0.1, -0.05) is 43.3 Å². The van der Waals surface area contributed by atoms with Crippen LogP contribution in [0.15, 0.2) is 54.6 Å². The number of nitrogens with zero attached hydrogens (tertiary/aromatic N) is 1. The number of carbonyl (C=O) groups is 3. The number of fused-ring (bicyclic) bond motifs is 3. The molecule has 3 amide bonds. The third-order valence-corrected chi connectivity index (χ3v) is 8.17. The van der Waals surface area contributed by atoms with Crippen LogP contribution >= 0.6 is 0 Å². The van der Waals surface area contributed by atoms with Gasteiger partial charge in [0.25, 0.3) is 11.8 Å². The van der Waals surface area contributed by atoms with Crippen LogP contribution in [0.5, 0.6) is 0 Å². The molecule has 8 nitrogen and oxygen atoms in total. The van der Waals surface area contributed by atoms with Crippen molar-refractivity contribution in [3.63, 3.8) is 0 Å². The lowest BCUT2D eigenvalue weighted by atomic mass is 10.1. The predicted octanol–water partition coefficient (Wildman–Crippen LogP) is 3.74. The van der Waals surface area contributed by atoms with Gasteiger partial charge in [0.05, 0.1) is 6.04 Å². The highest BCUT2D eigenvalue weighted by Crippen LogP contribution is 2.60. The van der Waals surface area contributed by atoms with Gasteiger partial charge in [0.15, 0.2) is 0 Å². The Balaban J connectivity index is 1.11. The van der Waals surface area contributed by atoms with Crippen molar-refractivity contribution in [1.29, 1.82) is 0 Å². The van der Waals surface area contributed by atoms with E-state index in [0.29, 0.717) is 30.4 Å². The number of para-hydroxylation sites is 2. The first kappa shape index (κ1) is 23.3. The Morgan fingerprint density at radius 1 is 1.05 bits per heavy atom. The summed E-state index contributed by atoms with van der Waals surface area (Å²) in [5.74, 6) is -0.282. The Hall–Kier alpha value is -4.07. The Morgan fingerprint density at radius 3 is 2.59 bits per heavy atom. The molecular weight excluding hydrogens is 466 g/mol. The fourth-order valence-electron chi connectivity index (χ4n) is 5.90. The van der Waals surface area contributed by atoms with Gasteiger partial charge in [0.1, 0.15) is 17.4 Å². The average Bonchev–Trinajstić information content (AvgIpc) is 3.25. The summed E-state index contributed by atoms with van der Waals surface area (Å²) in [5.41, 5.74) is 4.03. The highest BCUT2D eigenvalue weighted by Gasteiger charge is 2.62. The van der Waals surface area contributed by atoms with E-state index in [2.05, 4.69) is 27.5 Å². The summed E-state index contributed by atoms with van der Waals surface area (Å²) >= 11 is 0. The monoisotopic (exact) mass is 497 g/mol. The first-order valence-corrected chi connectivity index (χ1v) is 12.8. The van der Waals surface area contributed by atoms with Crippen molar-refractivity contribution in [2.45, 2.75) is 39.3 Å². The molecule has 190 valence electrons. The topological polar surface area (TPSA) is 110 Å². The van der Waals surface area contributed by atoms with Gasteiger partial charge in [-0.25, -0.2) is 0 Å². The van der Waals surface area contributed by atoms with Gasteiger partial charge in [-0.15, -0.1) is 0 Å². The number of aryl methyl sites for hydroxylation is 1. The summed E-state index contributed by atoms with van der Waals surface area (Å²) in [4.78, 5) is 47.4. The highest BCUT2D eigenvalue weighted by atomic mass is 16.2. The smallest absolute Gasteiger partial charge is 0.270 e. The maximum atomic E-state index is 13.5. The third-order valence-electron chi connectivity index (χ3n) is 8.17. The molecule has 2 fully saturated rings. The van der Waals surface area contributed by atoms with Crippen molar-refractivity contribution >= 4 is 39.5 Å². The van der Waals surface area contributed by atoms with Gasteiger partial charge in [0.2, 0.25) is 5.91 Å². The van der Waals surface area contributed by atoms with E-state index in [1.54, 1.807) is 13.0 Å². The molecule has 4 N–H and O–H groups in total. The molecule has 4 atom stereocenters. The van der Waals surface area contributed by atoms with Crippen molar-refractivity contribution in [3.8, 4) is 0 Å². The van der Waals surface area contributed by atoms with Crippen LogP contribution in [0.25, 0.3) is 21.8 Å². The lowest BCUT2D eigenvalue weighted by molar-refractivity contribution is -0.122. The Morgan fingerprint density at radius 2 is 1.81 bits per heavy atom. The van der Waals surface area contributed by atoms with Gasteiger partial charge in [-0.3, -0.25) is 14.4 Å². The van der Waals surface area contributed by atoms with Crippen molar-refractivity contribution in [2.24, 2.45) is 11.3 Å². The lowest BCUT2D eigenvalue weighted by Gasteiger charge is -2.28. The fraction of sp³-hybridized carbons (Fsp3) is 0.345. The van der Waals surface area contributed by atoms with Crippen molar-refractivity contribution in [2.75, 3.05) is 13.1 Å². The van der Waals surface area contributed by atoms with Crippen molar-refractivity contribution in [1.82, 2.24) is 25.5 Å². The van der Waals surface area contributed by atoms with E-state index in [-0.39, 0.29) is 29.2 Å². The van der Waals surface area contributed by atoms with Crippen LogP contribution < -0.4 is 10.6 Å². The maximum Gasteiger partial charge on any atom is 0.270 e. The number of benzene rings is 2. The zero-order valence-corrected chi connectivity index (χ0v) is 21.2. The van der Waals surface area contributed by atoms with E-state index in [0.717, 1.165) is 33.8 Å². The molecule has 1 saturated heterocycles. The van der Waals surface area contributed by atoms with Gasteiger partial charge in [0, 0.05) is 34.9 Å². The van der Waals surface area contributed by atoms with Crippen LogP contribution in [0.4, 0.5) is 0 Å². The molecule has 1 aliphatic carbocycles. The van der Waals surface area contributed by atoms with Crippen molar-refractivity contribution < 1.29 is 14.4 Å². The molecule has 0 spiro atoms. The molecule has 1 aliphatic heterocycles. The zero-order valence-electron chi connectivity index (χ0n) is 21.2. The van der Waals surface area contributed by atoms with Crippen LogP contribution in [-0.4, -0.2) is 57.8 Å². The Labute approximate surface area is 214 Å². The van der Waals surface area contributed by atoms with Gasteiger partial charge < -0.3 is 25.5 Å². The van der Waals surface area contributed by atoms with E-state index in [9.17, 15) is 14.4 Å². The molecule has 3 unspecified atom stereocenters. The summed E-state index contributed by atoms with van der Waals surface area (Å²) in [7, 11) is 0. The Bertz CT molecular complexity index is 1520. The minimum atomic E-state index is -0.716. The number of hydrogen-bond acceptors (Lipinski definition) is 3. The van der Waals surface area contributed by atoms with Crippen LogP contribution in [0.3, 0.4) is 0 Å². The Kier molecular flexibility index (Phi) is 5.36. The number of aromatic nitrogens is 2. The summed E-state index contributed by atoms with van der Waals surface area (Å²) in [6.07, 6.45) is 1.05. The van der Waals surface area contributed by atoms with Gasteiger partial charge in [-0.05, 0) is 55.4 Å². The second-order valence-electron chi connectivity index (χ2n) is 10.9. The number of H-pyrrole nitrogens is 2. The summed E-state index contributed by atoms with van der Waals surface area (Å²) in [6.45, 7) is 6.93. The van der Waals surface area contributed by atoms with Crippen LogP contribution in [-0.2, 0) is 4.79 Å². The molecule has 4 aromatic rings. The standard InChI is InChI=1S/C29H31N5O3/c1-16-7-6-9-19-12-23(33-25(16)19)28(37)34-15-29(3)13-20(29)24(34)14-30-26(35)17(2)31-27(36)22-11-18-8-4-5-10-21(18)32-22/h4-12,17,20,24,32-33H,13-15H2,1-3H3,(H,30,35)(H,31,36)/t17-,20?,24?,29?/m0/s1. The molecule has 8 heteroatoms. The minimum absolute atomic E-state index is 0.0385. The minimum Gasteiger partial charge on any atom is -0.352 e. The highest BCUT2D eigenvalue weighted by molar-refractivity contribution is 6.00. The number of amides is 3. The third kappa shape index (κ3) is 4.06. The number of carbonyl (C=O) groups excluding carboxylic acids is 3. The average molecular weight is 498 g/mol. The predicted molar refractivity (Wildman–Crippen MR) is 142 cm³/mol. The molecule has 2 aromatic carbocycles. The lowest BCUT2D eigenvalue weighted by Crippen LogP contribution is -2.50. The quantitative estimate of drug-likeness (QED) is 0.326. The molecule has 2 aliphatic rings. The molecule has 0 radical (unpaired) electrons. The largest absolute Gasteiger partial charge is 0.352 e. The van der Waals surface area contributed by atoms with Crippen molar-refractivity contribution in [3.05, 3.63) is 71.5 Å². The number of nitrogens with one attached hydrogen (secondary N) is 4. The summed E-state index contributed by atoms with van der Waals surface area (Å²) in [5, 5.41) is 7.72. The summed E-state index contributed by atoms with van der Waals surface area (Å²) < 4.78 is 0. The molecule has 37 heavy (non-hydrogen) atoms. The van der Waals surface area contributed by atoms with Crippen LogP contribution in [0.2, 0.25) is 0 Å². The normalized spacial score (nSPS) is 23.2. The van der Waals surface area contributed by atoms with E-state index < -0.39 is 6.04 Å². The SMILES string of the molecule is Cc1cccc2cc(C(=O)N3CC4(C)CC4C3CNC(=O)[C@H](C)NC(=O)c3cc4ccccc4[nH]3)[nH]c12. The van der Waals surface area contributed by atoms with E-state index in [1.165, 1.54) is 0 Å². The number of aromatic amines is 2. The number of likely N-dealkylation sites (tertiary alicyclic amines) is 1. The number of hydrogen-bond donors (Lipinski definition) is 4. The molecule has 3 heterocycles. The molecular formula is C29H31N5O3. The fourth-order valence-corrected chi connectivity index (χ4v) is 5.90. The molecule has 0 bridgehead atoms.